The molecule has 0 saturated carbocycles. The maximum absolute atomic E-state index is 4.47. The molecule has 4 heteroatoms. The maximum Gasteiger partial charge on any atom is 0.140 e. The number of halogens is 1. The number of hydrogen-bond donors (Lipinski definition) is 1. The standard InChI is InChI=1S/C13H14BrN3/c1-17-8-12(9-2-4-15-5-3-9)11-6-10(14)7-16-13(11)17/h2,6-8,15H,3-5H2,1H3. The summed E-state index contributed by atoms with van der Waals surface area (Å²) in [7, 11) is 2.05. The van der Waals surface area contributed by atoms with Crippen LogP contribution >= 0.6 is 15.9 Å². The average molecular weight is 292 g/mol. The van der Waals surface area contributed by atoms with Gasteiger partial charge in [0.15, 0.2) is 0 Å². The first-order valence-corrected chi connectivity index (χ1v) is 6.56. The Balaban J connectivity index is 2.22. The van der Waals surface area contributed by atoms with Crippen molar-refractivity contribution in [2.24, 2.45) is 7.05 Å². The largest absolute Gasteiger partial charge is 0.335 e. The van der Waals surface area contributed by atoms with Crippen molar-refractivity contribution in [1.82, 2.24) is 14.9 Å². The Bertz CT molecular complexity index is 598. The van der Waals surface area contributed by atoms with Crippen molar-refractivity contribution in [1.29, 1.82) is 0 Å². The zero-order valence-electron chi connectivity index (χ0n) is 9.70. The molecule has 0 atom stereocenters. The summed E-state index contributed by atoms with van der Waals surface area (Å²) in [5.41, 5.74) is 3.79. The van der Waals surface area contributed by atoms with Gasteiger partial charge in [-0.05, 0) is 40.5 Å². The molecule has 0 spiro atoms. The lowest BCUT2D eigenvalue weighted by molar-refractivity contribution is 0.738. The lowest BCUT2D eigenvalue weighted by Gasteiger charge is -2.13. The first kappa shape index (κ1) is 11.0. The quantitative estimate of drug-likeness (QED) is 0.876. The third-order valence-electron chi connectivity index (χ3n) is 3.19. The molecule has 1 aliphatic heterocycles. The van der Waals surface area contributed by atoms with Crippen LogP contribution in [0.15, 0.2) is 29.0 Å². The Hall–Kier alpha value is -1.13. The topological polar surface area (TPSA) is 29.9 Å². The number of nitrogens with zero attached hydrogens (tertiary/aromatic N) is 2. The van der Waals surface area contributed by atoms with Gasteiger partial charge >= 0.3 is 0 Å². The molecule has 0 aromatic carbocycles. The lowest BCUT2D eigenvalue weighted by atomic mass is 10.0. The Kier molecular flexibility index (Phi) is 2.76. The van der Waals surface area contributed by atoms with E-state index in [-0.39, 0.29) is 0 Å². The molecule has 0 fully saturated rings. The third kappa shape index (κ3) is 1.91. The zero-order valence-corrected chi connectivity index (χ0v) is 11.3. The molecule has 0 amide bonds. The molecule has 88 valence electrons. The van der Waals surface area contributed by atoms with Crippen LogP contribution in [0, 0.1) is 0 Å². The van der Waals surface area contributed by atoms with Crippen LogP contribution in [0.4, 0.5) is 0 Å². The summed E-state index contributed by atoms with van der Waals surface area (Å²) < 4.78 is 3.13. The smallest absolute Gasteiger partial charge is 0.140 e. The predicted octanol–water partition coefficient (Wildman–Crippen LogP) is 2.71. The molecule has 1 N–H and O–H groups in total. The van der Waals surface area contributed by atoms with Gasteiger partial charge in [0.1, 0.15) is 5.65 Å². The van der Waals surface area contributed by atoms with Crippen molar-refractivity contribution in [3.8, 4) is 0 Å². The fourth-order valence-corrected chi connectivity index (χ4v) is 2.69. The van der Waals surface area contributed by atoms with Crippen LogP contribution in [0.2, 0.25) is 0 Å². The van der Waals surface area contributed by atoms with E-state index in [0.717, 1.165) is 29.6 Å². The van der Waals surface area contributed by atoms with Gasteiger partial charge in [0.25, 0.3) is 0 Å². The summed E-state index contributed by atoms with van der Waals surface area (Å²) in [5.74, 6) is 0. The van der Waals surface area contributed by atoms with Gasteiger partial charge in [0.05, 0.1) is 0 Å². The van der Waals surface area contributed by atoms with Crippen molar-refractivity contribution in [3.63, 3.8) is 0 Å². The minimum absolute atomic E-state index is 0.965. The van der Waals surface area contributed by atoms with Crippen molar-refractivity contribution >= 4 is 32.5 Å². The summed E-state index contributed by atoms with van der Waals surface area (Å²) in [5, 5.41) is 4.57. The highest BCUT2D eigenvalue weighted by Gasteiger charge is 2.13. The highest BCUT2D eigenvalue weighted by molar-refractivity contribution is 9.10. The summed E-state index contributed by atoms with van der Waals surface area (Å²) in [6.07, 6.45) is 7.40. The molecule has 0 saturated heterocycles. The molecule has 0 bridgehead atoms. The summed E-state index contributed by atoms with van der Waals surface area (Å²) in [6, 6.07) is 2.15. The highest BCUT2D eigenvalue weighted by atomic mass is 79.9. The van der Waals surface area contributed by atoms with Gasteiger partial charge in [-0.15, -0.1) is 0 Å². The number of pyridine rings is 1. The number of aromatic nitrogens is 2. The predicted molar refractivity (Wildman–Crippen MR) is 73.9 cm³/mol. The minimum Gasteiger partial charge on any atom is -0.335 e. The number of fused-ring (bicyclic) bond motifs is 1. The van der Waals surface area contributed by atoms with Crippen molar-refractivity contribution in [3.05, 3.63) is 34.6 Å². The fourth-order valence-electron chi connectivity index (χ4n) is 2.36. The molecule has 2 aromatic heterocycles. The van der Waals surface area contributed by atoms with E-state index in [1.807, 2.05) is 13.2 Å². The van der Waals surface area contributed by atoms with Gasteiger partial charge in [-0.25, -0.2) is 4.98 Å². The molecule has 2 aromatic rings. The Labute approximate surface area is 109 Å². The van der Waals surface area contributed by atoms with Gasteiger partial charge in [-0.2, -0.15) is 0 Å². The monoisotopic (exact) mass is 291 g/mol. The molecule has 0 aliphatic carbocycles. The summed E-state index contributed by atoms with van der Waals surface area (Å²) in [6.45, 7) is 2.02. The van der Waals surface area contributed by atoms with Crippen LogP contribution in [0.5, 0.6) is 0 Å². The molecule has 0 radical (unpaired) electrons. The number of rotatable bonds is 1. The van der Waals surface area contributed by atoms with E-state index < -0.39 is 0 Å². The van der Waals surface area contributed by atoms with E-state index in [0.29, 0.717) is 0 Å². The summed E-state index contributed by atoms with van der Waals surface area (Å²) in [4.78, 5) is 4.47. The molecule has 3 rings (SSSR count). The van der Waals surface area contributed by atoms with Gasteiger partial charge in [-0.1, -0.05) is 6.08 Å². The fraction of sp³-hybridized carbons (Fsp3) is 0.308. The van der Waals surface area contributed by atoms with Crippen molar-refractivity contribution < 1.29 is 0 Å². The van der Waals surface area contributed by atoms with Gasteiger partial charge in [0.2, 0.25) is 0 Å². The van der Waals surface area contributed by atoms with Crippen LogP contribution in [-0.2, 0) is 7.05 Å². The van der Waals surface area contributed by atoms with Gasteiger partial charge in [0, 0.05) is 41.4 Å². The van der Waals surface area contributed by atoms with Gasteiger partial charge in [-0.3, -0.25) is 0 Å². The lowest BCUT2D eigenvalue weighted by Crippen LogP contribution is -2.19. The maximum atomic E-state index is 4.47. The Morgan fingerprint density at radius 3 is 3.12 bits per heavy atom. The first-order valence-electron chi connectivity index (χ1n) is 5.76. The molecule has 1 aliphatic rings. The minimum atomic E-state index is 0.965. The van der Waals surface area contributed by atoms with Gasteiger partial charge < -0.3 is 9.88 Å². The highest BCUT2D eigenvalue weighted by Crippen LogP contribution is 2.29. The third-order valence-corrected chi connectivity index (χ3v) is 3.62. The number of hydrogen-bond acceptors (Lipinski definition) is 2. The first-order chi connectivity index (χ1) is 8.25. The van der Waals surface area contributed by atoms with E-state index >= 15 is 0 Å². The van der Waals surface area contributed by atoms with Crippen LogP contribution in [0.3, 0.4) is 0 Å². The van der Waals surface area contributed by atoms with E-state index in [2.05, 4.69) is 49.1 Å². The Morgan fingerprint density at radius 2 is 2.35 bits per heavy atom. The van der Waals surface area contributed by atoms with E-state index in [9.17, 15) is 0 Å². The van der Waals surface area contributed by atoms with E-state index in [1.54, 1.807) is 0 Å². The molecular weight excluding hydrogens is 278 g/mol. The van der Waals surface area contributed by atoms with Crippen LogP contribution in [0.25, 0.3) is 16.6 Å². The second kappa shape index (κ2) is 4.27. The zero-order chi connectivity index (χ0) is 11.8. The SMILES string of the molecule is Cn1cc(C2=CCNCC2)c2cc(Br)cnc21. The van der Waals surface area contributed by atoms with Crippen LogP contribution in [-0.4, -0.2) is 22.6 Å². The Morgan fingerprint density at radius 1 is 1.47 bits per heavy atom. The number of aryl methyl sites for hydroxylation is 1. The second-order valence-electron chi connectivity index (χ2n) is 4.36. The molecular formula is C13H14BrN3. The van der Waals surface area contributed by atoms with E-state index in [4.69, 9.17) is 0 Å². The molecule has 17 heavy (non-hydrogen) atoms. The average Bonchev–Trinajstić information content (AvgIpc) is 2.67. The molecule has 3 nitrogen and oxygen atoms in total. The summed E-state index contributed by atoms with van der Waals surface area (Å²) >= 11 is 3.50. The van der Waals surface area contributed by atoms with Crippen LogP contribution in [0.1, 0.15) is 12.0 Å². The second-order valence-corrected chi connectivity index (χ2v) is 5.28. The van der Waals surface area contributed by atoms with E-state index in [1.165, 1.54) is 16.5 Å². The van der Waals surface area contributed by atoms with Crippen molar-refractivity contribution in [2.45, 2.75) is 6.42 Å². The van der Waals surface area contributed by atoms with Crippen molar-refractivity contribution in [2.75, 3.05) is 13.1 Å². The normalized spacial score (nSPS) is 16.2. The van der Waals surface area contributed by atoms with Crippen LogP contribution < -0.4 is 5.32 Å². The number of nitrogens with one attached hydrogen (secondary N) is 1. The molecule has 0 unspecified atom stereocenters. The molecule has 3 heterocycles.